The first-order valence-electron chi connectivity index (χ1n) is 9.37. The Balaban J connectivity index is 1.74. The second-order valence-corrected chi connectivity index (χ2v) is 10.5. The van der Waals surface area contributed by atoms with Gasteiger partial charge in [0.2, 0.25) is 0 Å². The van der Waals surface area contributed by atoms with Crippen molar-refractivity contribution < 1.29 is 22.7 Å². The highest BCUT2D eigenvalue weighted by atomic mass is 28.3. The van der Waals surface area contributed by atoms with Crippen molar-refractivity contribution in [3.05, 3.63) is 29.6 Å². The van der Waals surface area contributed by atoms with E-state index in [-0.39, 0.29) is 11.7 Å². The van der Waals surface area contributed by atoms with Crippen LogP contribution in [-0.2, 0) is 4.79 Å². The first-order chi connectivity index (χ1) is 12.0. The van der Waals surface area contributed by atoms with Crippen LogP contribution in [0.15, 0.2) is 12.1 Å². The molecule has 0 spiro atoms. The van der Waals surface area contributed by atoms with E-state index in [1.807, 2.05) is 0 Å². The van der Waals surface area contributed by atoms with Crippen molar-refractivity contribution in [2.24, 2.45) is 5.92 Å². The lowest BCUT2D eigenvalue weighted by Crippen LogP contribution is -2.28. The third kappa shape index (κ3) is 6.17. The summed E-state index contributed by atoms with van der Waals surface area (Å²) in [7, 11) is -0.743. The van der Waals surface area contributed by atoms with E-state index in [4.69, 9.17) is 4.74 Å². The monoisotopic (exact) mass is 372 g/mol. The zero-order valence-electron chi connectivity index (χ0n) is 14.8. The highest BCUT2D eigenvalue weighted by molar-refractivity contribution is 6.59. The standard InChI is InChI=1S/C19H27F3O2Si/c1-2-3-4-5-6-9-25-10-7-14(8-11-25)19(23)24-15-12-16(20)18(22)17(21)13-15/h12-14,25H,2-11H2,1H3/t14-,25-. The molecule has 1 aromatic rings. The normalized spacial score (nSPS) is 20.5. The molecule has 0 N–H and O–H groups in total. The number of esters is 1. The Bertz CT molecular complexity index is 549. The molecular weight excluding hydrogens is 345 g/mol. The summed E-state index contributed by atoms with van der Waals surface area (Å²) in [5.41, 5.74) is 0. The quantitative estimate of drug-likeness (QED) is 0.195. The van der Waals surface area contributed by atoms with E-state index < -0.39 is 32.2 Å². The highest BCUT2D eigenvalue weighted by Gasteiger charge is 2.28. The van der Waals surface area contributed by atoms with Gasteiger partial charge in [0.25, 0.3) is 0 Å². The highest BCUT2D eigenvalue weighted by Crippen LogP contribution is 2.30. The molecule has 0 aromatic heterocycles. The summed E-state index contributed by atoms with van der Waals surface area (Å²) >= 11 is 0. The van der Waals surface area contributed by atoms with Crippen LogP contribution >= 0.6 is 0 Å². The predicted molar refractivity (Wildman–Crippen MR) is 95.0 cm³/mol. The molecule has 1 fully saturated rings. The number of halogens is 3. The SMILES string of the molecule is CCCCCCC[Si@H]1CC[C@H](C(=O)Oc2cc(F)c(F)c(F)c2)CC1. The fourth-order valence-electron chi connectivity index (χ4n) is 3.51. The Morgan fingerprint density at radius 3 is 2.28 bits per heavy atom. The first kappa shape index (κ1) is 20.0. The summed E-state index contributed by atoms with van der Waals surface area (Å²) in [6.07, 6.45) is 8.10. The van der Waals surface area contributed by atoms with E-state index in [9.17, 15) is 18.0 Å². The molecule has 0 aliphatic carbocycles. The van der Waals surface area contributed by atoms with E-state index in [0.717, 1.165) is 24.9 Å². The van der Waals surface area contributed by atoms with Crippen LogP contribution in [0.4, 0.5) is 13.2 Å². The third-order valence-electron chi connectivity index (χ3n) is 5.07. The lowest BCUT2D eigenvalue weighted by atomic mass is 10.0. The van der Waals surface area contributed by atoms with Gasteiger partial charge in [0, 0.05) is 20.9 Å². The number of carbonyl (C=O) groups is 1. The van der Waals surface area contributed by atoms with Gasteiger partial charge >= 0.3 is 5.97 Å². The van der Waals surface area contributed by atoms with E-state index in [0.29, 0.717) is 12.1 Å². The average molecular weight is 373 g/mol. The Morgan fingerprint density at radius 2 is 1.68 bits per heavy atom. The fraction of sp³-hybridized carbons (Fsp3) is 0.632. The topological polar surface area (TPSA) is 26.3 Å². The molecule has 2 rings (SSSR count). The molecule has 25 heavy (non-hydrogen) atoms. The van der Waals surface area contributed by atoms with Gasteiger partial charge in [0.15, 0.2) is 17.5 Å². The molecule has 1 aliphatic rings. The minimum atomic E-state index is -1.55. The fourth-order valence-corrected chi connectivity index (χ4v) is 6.99. The Kier molecular flexibility index (Phi) is 8.00. The Morgan fingerprint density at radius 1 is 1.08 bits per heavy atom. The molecule has 0 radical (unpaired) electrons. The number of hydrogen-bond acceptors (Lipinski definition) is 2. The second-order valence-electron chi connectivity index (χ2n) is 7.04. The molecule has 0 bridgehead atoms. The van der Waals surface area contributed by atoms with E-state index in [2.05, 4.69) is 6.92 Å². The van der Waals surface area contributed by atoms with Gasteiger partial charge in [-0.15, -0.1) is 0 Å². The van der Waals surface area contributed by atoms with E-state index in [1.54, 1.807) is 0 Å². The Labute approximate surface area is 149 Å². The zero-order valence-corrected chi connectivity index (χ0v) is 16.0. The van der Waals surface area contributed by atoms with Crippen LogP contribution in [0.1, 0.15) is 51.9 Å². The van der Waals surface area contributed by atoms with Crippen LogP contribution in [0.2, 0.25) is 18.1 Å². The summed E-state index contributed by atoms with van der Waals surface area (Å²) in [6, 6.07) is 5.03. The number of ether oxygens (including phenoxy) is 1. The van der Waals surface area contributed by atoms with E-state index in [1.165, 1.54) is 38.1 Å². The van der Waals surface area contributed by atoms with Gasteiger partial charge in [0.1, 0.15) is 5.75 Å². The second kappa shape index (κ2) is 9.99. The number of benzene rings is 1. The van der Waals surface area contributed by atoms with Gasteiger partial charge in [-0.05, 0) is 12.8 Å². The third-order valence-corrected chi connectivity index (χ3v) is 8.60. The molecule has 1 aliphatic heterocycles. The van der Waals surface area contributed by atoms with Crippen LogP contribution < -0.4 is 4.74 Å². The molecule has 0 atom stereocenters. The smallest absolute Gasteiger partial charge is 0.314 e. The molecule has 1 aromatic carbocycles. The van der Waals surface area contributed by atoms with Gasteiger partial charge < -0.3 is 4.74 Å². The molecule has 0 unspecified atom stereocenters. The molecule has 140 valence electrons. The molecule has 0 saturated carbocycles. The van der Waals surface area contributed by atoms with Crippen LogP contribution in [0, 0.1) is 23.4 Å². The maximum atomic E-state index is 13.2. The molecule has 2 nitrogen and oxygen atoms in total. The predicted octanol–water partition coefficient (Wildman–Crippen LogP) is 5.62. The van der Waals surface area contributed by atoms with Crippen LogP contribution in [-0.4, -0.2) is 14.8 Å². The lowest BCUT2D eigenvalue weighted by molar-refractivity contribution is -0.139. The Hall–Kier alpha value is -1.30. The van der Waals surface area contributed by atoms with Gasteiger partial charge in [-0.1, -0.05) is 57.2 Å². The summed E-state index contributed by atoms with van der Waals surface area (Å²) < 4.78 is 44.3. The number of unbranched alkanes of at least 4 members (excludes halogenated alkanes) is 4. The van der Waals surface area contributed by atoms with Crippen molar-refractivity contribution in [2.45, 2.75) is 70.0 Å². The van der Waals surface area contributed by atoms with Crippen molar-refractivity contribution in [3.8, 4) is 5.75 Å². The van der Waals surface area contributed by atoms with Crippen LogP contribution in [0.3, 0.4) is 0 Å². The summed E-state index contributed by atoms with van der Waals surface area (Å²) in [5.74, 6) is -5.17. The largest absolute Gasteiger partial charge is 0.426 e. The van der Waals surface area contributed by atoms with Crippen molar-refractivity contribution in [1.29, 1.82) is 0 Å². The first-order valence-corrected chi connectivity index (χ1v) is 11.8. The summed E-state index contributed by atoms with van der Waals surface area (Å²) in [6.45, 7) is 2.21. The maximum Gasteiger partial charge on any atom is 0.314 e. The van der Waals surface area contributed by atoms with Crippen molar-refractivity contribution in [2.75, 3.05) is 0 Å². The van der Waals surface area contributed by atoms with Gasteiger partial charge in [0.05, 0.1) is 5.92 Å². The van der Waals surface area contributed by atoms with Crippen LogP contribution in [0.5, 0.6) is 5.75 Å². The lowest BCUT2D eigenvalue weighted by Gasteiger charge is -2.26. The van der Waals surface area contributed by atoms with Gasteiger partial charge in [-0.25, -0.2) is 13.2 Å². The molecule has 1 heterocycles. The minimum Gasteiger partial charge on any atom is -0.426 e. The molecule has 0 amide bonds. The van der Waals surface area contributed by atoms with Crippen LogP contribution in [0.25, 0.3) is 0 Å². The molecule has 6 heteroatoms. The van der Waals surface area contributed by atoms with Crippen molar-refractivity contribution >= 4 is 14.8 Å². The average Bonchev–Trinajstić information content (AvgIpc) is 2.60. The minimum absolute atomic E-state index is 0.208. The van der Waals surface area contributed by atoms with Crippen molar-refractivity contribution in [1.82, 2.24) is 0 Å². The van der Waals surface area contributed by atoms with Crippen molar-refractivity contribution in [3.63, 3.8) is 0 Å². The number of hydrogen-bond donors (Lipinski definition) is 0. The summed E-state index contributed by atoms with van der Waals surface area (Å²) in [5, 5.41) is 0. The zero-order chi connectivity index (χ0) is 18.2. The van der Waals surface area contributed by atoms with Gasteiger partial charge in [-0.3, -0.25) is 4.79 Å². The van der Waals surface area contributed by atoms with Gasteiger partial charge in [-0.2, -0.15) is 0 Å². The number of carbonyl (C=O) groups excluding carboxylic acids is 1. The van der Waals surface area contributed by atoms with E-state index >= 15 is 0 Å². The summed E-state index contributed by atoms with van der Waals surface area (Å²) in [4.78, 5) is 12.2. The molecule has 1 saturated heterocycles. The number of rotatable bonds is 8. The maximum absolute atomic E-state index is 13.2. The molecular formula is C19H27F3O2Si.